The molecule has 0 saturated carbocycles. The highest BCUT2D eigenvalue weighted by Gasteiger charge is 2.13. The van der Waals surface area contributed by atoms with E-state index in [1.54, 1.807) is 11.8 Å². The van der Waals surface area contributed by atoms with Gasteiger partial charge in [0.25, 0.3) is 0 Å². The number of thioether (sulfide) groups is 1. The van der Waals surface area contributed by atoms with Crippen molar-refractivity contribution in [3.8, 4) is 0 Å². The van der Waals surface area contributed by atoms with Gasteiger partial charge < -0.3 is 4.74 Å². The van der Waals surface area contributed by atoms with Crippen LogP contribution in [0, 0.1) is 0 Å². The third kappa shape index (κ3) is 7.89. The Kier molecular flexibility index (Phi) is 10.8. The van der Waals surface area contributed by atoms with Crippen molar-refractivity contribution < 1.29 is 9.53 Å². The number of nitrogens with zero attached hydrogens (tertiary/aromatic N) is 1. The molecule has 0 unspecified atom stereocenters. The third-order valence-corrected chi connectivity index (χ3v) is 4.66. The maximum absolute atomic E-state index is 12.3. The van der Waals surface area contributed by atoms with Gasteiger partial charge in [-0.05, 0) is 43.8 Å². The topological polar surface area (TPSA) is 29.5 Å². The van der Waals surface area contributed by atoms with E-state index in [-0.39, 0.29) is 5.97 Å². The molecule has 0 spiro atoms. The fourth-order valence-corrected chi connectivity index (χ4v) is 3.15. The molecule has 0 aromatic heterocycles. The van der Waals surface area contributed by atoms with Crippen LogP contribution in [0.5, 0.6) is 0 Å². The van der Waals surface area contributed by atoms with Crippen LogP contribution in [0.25, 0.3) is 0 Å². The predicted molar refractivity (Wildman–Crippen MR) is 99.4 cm³/mol. The van der Waals surface area contributed by atoms with E-state index < -0.39 is 0 Å². The number of esters is 1. The standard InChI is InChI=1S/C19H31NO2S/c1-4-7-13-20(14-8-5-2)15-16-22-19(21)17-11-9-10-12-18(17)23-6-3/h9-12H,4-8,13-16H2,1-3H3. The van der Waals surface area contributed by atoms with Gasteiger partial charge in [0, 0.05) is 11.4 Å². The van der Waals surface area contributed by atoms with E-state index in [2.05, 4.69) is 25.7 Å². The van der Waals surface area contributed by atoms with Gasteiger partial charge in [0.05, 0.1) is 5.56 Å². The lowest BCUT2D eigenvalue weighted by Crippen LogP contribution is -2.30. The molecule has 1 aromatic carbocycles. The van der Waals surface area contributed by atoms with Gasteiger partial charge in [0.1, 0.15) is 6.61 Å². The van der Waals surface area contributed by atoms with E-state index in [1.165, 1.54) is 25.7 Å². The Hall–Kier alpha value is -1.00. The van der Waals surface area contributed by atoms with E-state index in [0.29, 0.717) is 12.2 Å². The molecule has 4 heteroatoms. The van der Waals surface area contributed by atoms with Crippen molar-refractivity contribution in [2.45, 2.75) is 51.3 Å². The Morgan fingerprint density at radius 1 is 1.04 bits per heavy atom. The van der Waals surface area contributed by atoms with Crippen LogP contribution in [0.4, 0.5) is 0 Å². The summed E-state index contributed by atoms with van der Waals surface area (Å²) in [7, 11) is 0. The van der Waals surface area contributed by atoms with Crippen molar-refractivity contribution in [2.75, 3.05) is 32.0 Å². The summed E-state index contributed by atoms with van der Waals surface area (Å²) in [6.45, 7) is 9.99. The number of rotatable bonds is 12. The molecule has 23 heavy (non-hydrogen) atoms. The predicted octanol–water partition coefficient (Wildman–Crippen LogP) is 4.86. The molecule has 3 nitrogen and oxygen atoms in total. The van der Waals surface area contributed by atoms with E-state index in [0.717, 1.165) is 30.3 Å². The number of hydrogen-bond donors (Lipinski definition) is 0. The molecule has 0 amide bonds. The van der Waals surface area contributed by atoms with Crippen LogP contribution >= 0.6 is 11.8 Å². The van der Waals surface area contributed by atoms with Gasteiger partial charge in [-0.25, -0.2) is 4.79 Å². The molecule has 0 radical (unpaired) electrons. The van der Waals surface area contributed by atoms with Crippen molar-refractivity contribution in [1.82, 2.24) is 4.90 Å². The molecule has 0 saturated heterocycles. The highest BCUT2D eigenvalue weighted by atomic mass is 32.2. The Labute approximate surface area is 145 Å². The maximum Gasteiger partial charge on any atom is 0.339 e. The highest BCUT2D eigenvalue weighted by molar-refractivity contribution is 7.99. The normalized spacial score (nSPS) is 11.0. The Bertz CT molecular complexity index is 443. The zero-order valence-corrected chi connectivity index (χ0v) is 15.7. The van der Waals surface area contributed by atoms with Gasteiger partial charge in [0.2, 0.25) is 0 Å². The minimum atomic E-state index is -0.201. The number of carbonyl (C=O) groups excluding carboxylic acids is 1. The second kappa shape index (κ2) is 12.4. The van der Waals surface area contributed by atoms with Crippen LogP contribution in [0.1, 0.15) is 56.8 Å². The summed E-state index contributed by atoms with van der Waals surface area (Å²) in [6.07, 6.45) is 4.80. The lowest BCUT2D eigenvalue weighted by molar-refractivity contribution is 0.0456. The molecule has 0 aliphatic rings. The molecule has 0 bridgehead atoms. The first-order chi connectivity index (χ1) is 11.2. The minimum absolute atomic E-state index is 0.201. The Morgan fingerprint density at radius 2 is 1.70 bits per heavy atom. The van der Waals surface area contributed by atoms with Crippen LogP contribution < -0.4 is 0 Å². The quantitative estimate of drug-likeness (QED) is 0.402. The van der Waals surface area contributed by atoms with Crippen LogP contribution in [-0.4, -0.2) is 42.9 Å². The van der Waals surface area contributed by atoms with E-state index in [9.17, 15) is 4.79 Å². The van der Waals surface area contributed by atoms with Crippen LogP contribution in [0.15, 0.2) is 29.2 Å². The first-order valence-electron chi connectivity index (χ1n) is 8.84. The SMILES string of the molecule is CCCCN(CCCC)CCOC(=O)c1ccccc1SCC. The maximum atomic E-state index is 12.3. The zero-order valence-electron chi connectivity index (χ0n) is 14.8. The van der Waals surface area contributed by atoms with Crippen molar-refractivity contribution in [2.24, 2.45) is 0 Å². The lowest BCUT2D eigenvalue weighted by Gasteiger charge is -2.21. The minimum Gasteiger partial charge on any atom is -0.461 e. The zero-order chi connectivity index (χ0) is 16.9. The molecule has 0 atom stereocenters. The number of carbonyl (C=O) groups is 1. The molecule has 1 aromatic rings. The highest BCUT2D eigenvalue weighted by Crippen LogP contribution is 2.22. The Morgan fingerprint density at radius 3 is 2.30 bits per heavy atom. The van der Waals surface area contributed by atoms with Crippen molar-refractivity contribution >= 4 is 17.7 Å². The van der Waals surface area contributed by atoms with Gasteiger partial charge in [0.15, 0.2) is 0 Å². The third-order valence-electron chi connectivity index (χ3n) is 3.70. The van der Waals surface area contributed by atoms with Gasteiger partial charge in [-0.3, -0.25) is 4.90 Å². The number of benzene rings is 1. The van der Waals surface area contributed by atoms with E-state index in [4.69, 9.17) is 4.74 Å². The van der Waals surface area contributed by atoms with Crippen LogP contribution in [0.2, 0.25) is 0 Å². The first-order valence-corrected chi connectivity index (χ1v) is 9.82. The van der Waals surface area contributed by atoms with E-state index >= 15 is 0 Å². The van der Waals surface area contributed by atoms with Crippen LogP contribution in [0.3, 0.4) is 0 Å². The van der Waals surface area contributed by atoms with Gasteiger partial charge in [-0.2, -0.15) is 0 Å². The van der Waals surface area contributed by atoms with Gasteiger partial charge in [-0.15, -0.1) is 11.8 Å². The summed E-state index contributed by atoms with van der Waals surface area (Å²) < 4.78 is 5.51. The van der Waals surface area contributed by atoms with Crippen molar-refractivity contribution in [3.05, 3.63) is 29.8 Å². The number of hydrogen-bond acceptors (Lipinski definition) is 4. The first kappa shape index (κ1) is 20.0. The van der Waals surface area contributed by atoms with Crippen LogP contribution in [-0.2, 0) is 4.74 Å². The molecule has 0 aliphatic heterocycles. The smallest absolute Gasteiger partial charge is 0.339 e. The average Bonchev–Trinajstić information content (AvgIpc) is 2.57. The average molecular weight is 338 g/mol. The van der Waals surface area contributed by atoms with Crippen molar-refractivity contribution in [3.63, 3.8) is 0 Å². The fraction of sp³-hybridized carbons (Fsp3) is 0.632. The second-order valence-electron chi connectivity index (χ2n) is 5.61. The summed E-state index contributed by atoms with van der Waals surface area (Å²) in [4.78, 5) is 15.7. The summed E-state index contributed by atoms with van der Waals surface area (Å²) in [5.74, 6) is 0.749. The summed E-state index contributed by atoms with van der Waals surface area (Å²) in [6, 6.07) is 7.70. The summed E-state index contributed by atoms with van der Waals surface area (Å²) in [5, 5.41) is 0. The molecule has 130 valence electrons. The Balaban J connectivity index is 2.47. The lowest BCUT2D eigenvalue weighted by atomic mass is 10.2. The summed E-state index contributed by atoms with van der Waals surface area (Å²) >= 11 is 1.68. The number of unbranched alkanes of at least 4 members (excludes halogenated alkanes) is 2. The van der Waals surface area contributed by atoms with Crippen molar-refractivity contribution in [1.29, 1.82) is 0 Å². The fourth-order valence-electron chi connectivity index (χ4n) is 2.36. The second-order valence-corrected chi connectivity index (χ2v) is 6.92. The van der Waals surface area contributed by atoms with Gasteiger partial charge in [-0.1, -0.05) is 45.7 Å². The molecular formula is C19H31NO2S. The largest absolute Gasteiger partial charge is 0.461 e. The molecule has 0 aliphatic carbocycles. The molecule has 0 heterocycles. The van der Waals surface area contributed by atoms with E-state index in [1.807, 2.05) is 24.3 Å². The molecule has 0 fully saturated rings. The number of ether oxygens (including phenoxy) is 1. The summed E-state index contributed by atoms with van der Waals surface area (Å²) in [5.41, 5.74) is 0.688. The molecule has 0 N–H and O–H groups in total. The molecular weight excluding hydrogens is 306 g/mol. The molecule has 1 rings (SSSR count). The monoisotopic (exact) mass is 337 g/mol. The van der Waals surface area contributed by atoms with Gasteiger partial charge >= 0.3 is 5.97 Å².